The Morgan fingerprint density at radius 3 is 2.57 bits per heavy atom. The molecule has 0 saturated heterocycles. The number of methoxy groups -OCH3 is 1. The molecule has 1 N–H and O–H groups in total. The number of hydrogen-bond acceptors (Lipinski definition) is 4. The lowest BCUT2D eigenvalue weighted by Crippen LogP contribution is -2.02. The van der Waals surface area contributed by atoms with Gasteiger partial charge in [-0.2, -0.15) is 10.5 Å². The molecule has 2 rings (SSSR count). The average Bonchev–Trinajstić information content (AvgIpc) is 2.53. The van der Waals surface area contributed by atoms with Crippen LogP contribution in [-0.4, -0.2) is 7.11 Å². The van der Waals surface area contributed by atoms with E-state index in [0.29, 0.717) is 23.5 Å². The van der Waals surface area contributed by atoms with Crippen LogP contribution in [0.3, 0.4) is 0 Å². The predicted molar refractivity (Wildman–Crippen MR) is 76.2 cm³/mol. The summed E-state index contributed by atoms with van der Waals surface area (Å²) in [6, 6.07) is 13.3. The minimum Gasteiger partial charge on any atom is -0.495 e. The van der Waals surface area contributed by atoms with Crippen molar-refractivity contribution in [3.63, 3.8) is 0 Å². The second-order valence-electron chi connectivity index (χ2n) is 4.31. The highest BCUT2D eigenvalue weighted by Crippen LogP contribution is 2.21. The van der Waals surface area contributed by atoms with Gasteiger partial charge in [-0.25, -0.2) is 4.39 Å². The van der Waals surface area contributed by atoms with Crippen molar-refractivity contribution < 1.29 is 9.13 Å². The normalized spacial score (nSPS) is 9.52. The van der Waals surface area contributed by atoms with Crippen LogP contribution in [0, 0.1) is 28.5 Å². The Morgan fingerprint density at radius 1 is 1.14 bits per heavy atom. The molecule has 0 radical (unpaired) electrons. The van der Waals surface area contributed by atoms with Crippen molar-refractivity contribution in [3.05, 3.63) is 58.9 Å². The van der Waals surface area contributed by atoms with E-state index in [-0.39, 0.29) is 5.56 Å². The Bertz CT molecular complexity index is 744. The Kier molecular flexibility index (Phi) is 4.38. The van der Waals surface area contributed by atoms with Gasteiger partial charge in [-0.15, -0.1) is 0 Å². The average molecular weight is 281 g/mol. The number of anilines is 1. The van der Waals surface area contributed by atoms with E-state index in [4.69, 9.17) is 15.3 Å². The summed E-state index contributed by atoms with van der Waals surface area (Å²) in [6.07, 6.45) is 0. The summed E-state index contributed by atoms with van der Waals surface area (Å²) in [5, 5.41) is 20.5. The summed E-state index contributed by atoms with van der Waals surface area (Å²) in [7, 11) is 1.49. The quantitative estimate of drug-likeness (QED) is 0.934. The van der Waals surface area contributed by atoms with E-state index >= 15 is 0 Å². The van der Waals surface area contributed by atoms with E-state index in [1.54, 1.807) is 24.3 Å². The molecule has 5 heteroatoms. The van der Waals surface area contributed by atoms with E-state index < -0.39 is 5.82 Å². The molecule has 104 valence electrons. The lowest BCUT2D eigenvalue weighted by Gasteiger charge is -2.10. The Labute approximate surface area is 122 Å². The van der Waals surface area contributed by atoms with Gasteiger partial charge in [0.05, 0.1) is 30.0 Å². The molecule has 0 aliphatic rings. The summed E-state index contributed by atoms with van der Waals surface area (Å²) >= 11 is 0. The van der Waals surface area contributed by atoms with Crippen molar-refractivity contribution in [2.45, 2.75) is 6.54 Å². The van der Waals surface area contributed by atoms with Crippen molar-refractivity contribution in [2.75, 3.05) is 12.4 Å². The fourth-order valence-electron chi connectivity index (χ4n) is 1.86. The summed E-state index contributed by atoms with van der Waals surface area (Å²) < 4.78 is 18.8. The van der Waals surface area contributed by atoms with Crippen molar-refractivity contribution in [3.8, 4) is 17.9 Å². The van der Waals surface area contributed by atoms with E-state index in [1.807, 2.05) is 12.1 Å². The molecule has 0 heterocycles. The molecule has 4 nitrogen and oxygen atoms in total. The Balaban J connectivity index is 2.14. The molecule has 0 bridgehead atoms. The highest BCUT2D eigenvalue weighted by molar-refractivity contribution is 5.50. The molecule has 0 aromatic heterocycles. The van der Waals surface area contributed by atoms with Gasteiger partial charge < -0.3 is 10.1 Å². The van der Waals surface area contributed by atoms with Gasteiger partial charge in [0, 0.05) is 6.54 Å². The molecule has 0 atom stereocenters. The molecule has 0 fully saturated rings. The van der Waals surface area contributed by atoms with Gasteiger partial charge in [-0.1, -0.05) is 6.07 Å². The summed E-state index contributed by atoms with van der Waals surface area (Å²) in [5.74, 6) is 0.00626. The molecule has 0 saturated carbocycles. The van der Waals surface area contributed by atoms with Gasteiger partial charge in [-0.05, 0) is 35.9 Å². The topological polar surface area (TPSA) is 68.8 Å². The number of ether oxygens (including phenoxy) is 1. The monoisotopic (exact) mass is 281 g/mol. The van der Waals surface area contributed by atoms with Gasteiger partial charge >= 0.3 is 0 Å². The van der Waals surface area contributed by atoms with Crippen molar-refractivity contribution in [2.24, 2.45) is 0 Å². The number of rotatable bonds is 4. The first-order valence-corrected chi connectivity index (χ1v) is 6.18. The minimum absolute atomic E-state index is 0.276. The van der Waals surface area contributed by atoms with E-state index in [2.05, 4.69) is 5.32 Å². The van der Waals surface area contributed by atoms with Gasteiger partial charge in [0.25, 0.3) is 0 Å². The molecule has 0 aliphatic carbocycles. The summed E-state index contributed by atoms with van der Waals surface area (Å²) in [4.78, 5) is 0. The van der Waals surface area contributed by atoms with Gasteiger partial charge in [0.15, 0.2) is 0 Å². The zero-order valence-corrected chi connectivity index (χ0v) is 11.4. The maximum atomic E-state index is 13.7. The number of nitrogens with one attached hydrogen (secondary N) is 1. The van der Waals surface area contributed by atoms with Crippen LogP contribution in [0.15, 0.2) is 36.4 Å². The molecule has 0 aliphatic heterocycles. The van der Waals surface area contributed by atoms with Crippen LogP contribution in [0.1, 0.15) is 16.7 Å². The van der Waals surface area contributed by atoms with Gasteiger partial charge in [0.2, 0.25) is 0 Å². The molecule has 2 aromatic rings. The number of halogens is 1. The standard InChI is InChI=1S/C16H12FN3O/c1-21-16-7-12(2-4-13(16)9-19)10-20-15-5-3-11(8-18)6-14(15)17/h2-7,20H,10H2,1H3. The second kappa shape index (κ2) is 6.40. The van der Waals surface area contributed by atoms with Crippen molar-refractivity contribution in [1.29, 1.82) is 10.5 Å². The predicted octanol–water partition coefficient (Wildman–Crippen LogP) is 3.19. The fourth-order valence-corrected chi connectivity index (χ4v) is 1.86. The van der Waals surface area contributed by atoms with E-state index in [9.17, 15) is 4.39 Å². The maximum Gasteiger partial charge on any atom is 0.147 e. The smallest absolute Gasteiger partial charge is 0.147 e. The second-order valence-corrected chi connectivity index (χ2v) is 4.31. The van der Waals surface area contributed by atoms with Crippen LogP contribution in [0.25, 0.3) is 0 Å². The Hall–Kier alpha value is -3.05. The zero-order valence-electron chi connectivity index (χ0n) is 11.4. The van der Waals surface area contributed by atoms with Crippen LogP contribution in [-0.2, 0) is 6.54 Å². The van der Waals surface area contributed by atoms with E-state index in [0.717, 1.165) is 5.56 Å². The molecule has 21 heavy (non-hydrogen) atoms. The third-order valence-electron chi connectivity index (χ3n) is 2.97. The summed E-state index contributed by atoms with van der Waals surface area (Å²) in [6.45, 7) is 0.380. The number of nitrogens with zero attached hydrogens (tertiary/aromatic N) is 2. The maximum absolute atomic E-state index is 13.7. The first-order chi connectivity index (χ1) is 10.2. The number of nitriles is 2. The molecular formula is C16H12FN3O. The first kappa shape index (κ1) is 14.4. The van der Waals surface area contributed by atoms with Gasteiger partial charge in [-0.3, -0.25) is 0 Å². The van der Waals surface area contributed by atoms with Gasteiger partial charge in [0.1, 0.15) is 17.6 Å². The molecule has 2 aromatic carbocycles. The van der Waals surface area contributed by atoms with Crippen LogP contribution in [0.2, 0.25) is 0 Å². The Morgan fingerprint density at radius 2 is 1.95 bits per heavy atom. The van der Waals surface area contributed by atoms with Crippen LogP contribution >= 0.6 is 0 Å². The highest BCUT2D eigenvalue weighted by atomic mass is 19.1. The fraction of sp³-hybridized carbons (Fsp3) is 0.125. The third kappa shape index (κ3) is 3.29. The van der Waals surface area contributed by atoms with Crippen LogP contribution in [0.4, 0.5) is 10.1 Å². The van der Waals surface area contributed by atoms with Crippen molar-refractivity contribution in [1.82, 2.24) is 0 Å². The zero-order chi connectivity index (χ0) is 15.2. The highest BCUT2D eigenvalue weighted by Gasteiger charge is 2.06. The lowest BCUT2D eigenvalue weighted by atomic mass is 10.1. The van der Waals surface area contributed by atoms with E-state index in [1.165, 1.54) is 19.2 Å². The SMILES string of the molecule is COc1cc(CNc2ccc(C#N)cc2F)ccc1C#N. The molecular weight excluding hydrogens is 269 g/mol. The molecule has 0 spiro atoms. The van der Waals surface area contributed by atoms with Crippen molar-refractivity contribution >= 4 is 5.69 Å². The largest absolute Gasteiger partial charge is 0.495 e. The number of benzene rings is 2. The van der Waals surface area contributed by atoms with Crippen LogP contribution in [0.5, 0.6) is 5.75 Å². The third-order valence-corrected chi connectivity index (χ3v) is 2.97. The van der Waals surface area contributed by atoms with Crippen LogP contribution < -0.4 is 10.1 Å². The molecule has 0 amide bonds. The lowest BCUT2D eigenvalue weighted by molar-refractivity contribution is 0.413. The summed E-state index contributed by atoms with van der Waals surface area (Å²) in [5.41, 5.74) is 1.90. The first-order valence-electron chi connectivity index (χ1n) is 6.18. The number of hydrogen-bond donors (Lipinski definition) is 1. The minimum atomic E-state index is -0.477. The molecule has 0 unspecified atom stereocenters.